The SMILES string of the molecule is CCOc1ccc(C(=O)Nc2cc(-c3nc4cc(C)cc(C)c4o3)ccc2C)cc1. The maximum absolute atomic E-state index is 12.7. The number of rotatable bonds is 5. The summed E-state index contributed by atoms with van der Waals surface area (Å²) < 4.78 is 11.5. The Labute approximate surface area is 175 Å². The third-order valence-electron chi connectivity index (χ3n) is 4.98. The summed E-state index contributed by atoms with van der Waals surface area (Å²) in [5.41, 5.74) is 6.89. The number of oxazole rings is 1. The summed E-state index contributed by atoms with van der Waals surface area (Å²) in [6.07, 6.45) is 0. The van der Waals surface area contributed by atoms with Gasteiger partial charge >= 0.3 is 0 Å². The molecule has 0 fully saturated rings. The molecule has 0 aliphatic heterocycles. The average molecular weight is 400 g/mol. The fourth-order valence-electron chi connectivity index (χ4n) is 3.45. The van der Waals surface area contributed by atoms with Crippen LogP contribution in [0.15, 0.2) is 59.0 Å². The number of fused-ring (bicyclic) bond motifs is 1. The van der Waals surface area contributed by atoms with Gasteiger partial charge in [-0.1, -0.05) is 12.1 Å². The molecule has 5 nitrogen and oxygen atoms in total. The zero-order valence-electron chi connectivity index (χ0n) is 17.6. The third-order valence-corrected chi connectivity index (χ3v) is 4.98. The maximum atomic E-state index is 12.7. The van der Waals surface area contributed by atoms with Crippen LogP contribution >= 0.6 is 0 Å². The molecule has 0 atom stereocenters. The van der Waals surface area contributed by atoms with E-state index in [-0.39, 0.29) is 5.91 Å². The van der Waals surface area contributed by atoms with Crippen LogP contribution in [0.4, 0.5) is 5.69 Å². The van der Waals surface area contributed by atoms with Crippen LogP contribution in [0.1, 0.15) is 34.0 Å². The first kappa shape index (κ1) is 19.7. The number of nitrogens with one attached hydrogen (secondary N) is 1. The number of anilines is 1. The molecule has 0 bridgehead atoms. The maximum Gasteiger partial charge on any atom is 0.255 e. The molecule has 30 heavy (non-hydrogen) atoms. The first-order chi connectivity index (χ1) is 14.4. The van der Waals surface area contributed by atoms with Crippen LogP contribution in [-0.2, 0) is 0 Å². The molecule has 0 unspecified atom stereocenters. The van der Waals surface area contributed by atoms with Crippen molar-refractivity contribution in [2.24, 2.45) is 0 Å². The highest BCUT2D eigenvalue weighted by molar-refractivity contribution is 6.05. The second-order valence-electron chi connectivity index (χ2n) is 7.39. The number of carbonyl (C=O) groups excluding carboxylic acids is 1. The van der Waals surface area contributed by atoms with E-state index in [1.54, 1.807) is 24.3 Å². The Morgan fingerprint density at radius 3 is 2.50 bits per heavy atom. The van der Waals surface area contributed by atoms with Gasteiger partial charge in [0.1, 0.15) is 11.3 Å². The molecule has 3 aromatic carbocycles. The topological polar surface area (TPSA) is 64.4 Å². The Kier molecular flexibility index (Phi) is 5.27. The van der Waals surface area contributed by atoms with Gasteiger partial charge in [-0.25, -0.2) is 4.98 Å². The van der Waals surface area contributed by atoms with Gasteiger partial charge in [0, 0.05) is 16.8 Å². The van der Waals surface area contributed by atoms with Crippen molar-refractivity contribution in [3.05, 3.63) is 76.9 Å². The van der Waals surface area contributed by atoms with Crippen molar-refractivity contribution in [1.82, 2.24) is 4.98 Å². The van der Waals surface area contributed by atoms with Crippen molar-refractivity contribution in [2.75, 3.05) is 11.9 Å². The fourth-order valence-corrected chi connectivity index (χ4v) is 3.45. The third kappa shape index (κ3) is 3.92. The first-order valence-electron chi connectivity index (χ1n) is 9.97. The molecule has 0 saturated carbocycles. The minimum Gasteiger partial charge on any atom is -0.494 e. The zero-order chi connectivity index (χ0) is 21.3. The molecule has 0 spiro atoms. The van der Waals surface area contributed by atoms with Gasteiger partial charge in [0.15, 0.2) is 5.58 Å². The van der Waals surface area contributed by atoms with E-state index in [0.717, 1.165) is 44.8 Å². The van der Waals surface area contributed by atoms with Crippen molar-refractivity contribution in [3.63, 3.8) is 0 Å². The second kappa shape index (κ2) is 8.03. The average Bonchev–Trinajstić information content (AvgIpc) is 3.15. The van der Waals surface area contributed by atoms with Gasteiger partial charge in [-0.05, 0) is 86.8 Å². The van der Waals surface area contributed by atoms with Gasteiger partial charge in [0.2, 0.25) is 5.89 Å². The molecular formula is C25H24N2O3. The highest BCUT2D eigenvalue weighted by atomic mass is 16.5. The zero-order valence-corrected chi connectivity index (χ0v) is 17.6. The highest BCUT2D eigenvalue weighted by Gasteiger charge is 2.14. The summed E-state index contributed by atoms with van der Waals surface area (Å²) in [4.78, 5) is 17.4. The van der Waals surface area contributed by atoms with Crippen LogP contribution in [0.2, 0.25) is 0 Å². The first-order valence-corrected chi connectivity index (χ1v) is 9.97. The number of aromatic nitrogens is 1. The molecule has 1 N–H and O–H groups in total. The van der Waals surface area contributed by atoms with E-state index in [1.165, 1.54) is 0 Å². The summed E-state index contributed by atoms with van der Waals surface area (Å²) in [6, 6.07) is 17.0. The largest absolute Gasteiger partial charge is 0.494 e. The lowest BCUT2D eigenvalue weighted by atomic mass is 10.1. The van der Waals surface area contributed by atoms with Gasteiger partial charge < -0.3 is 14.5 Å². The molecule has 1 heterocycles. The van der Waals surface area contributed by atoms with E-state index >= 15 is 0 Å². The molecule has 1 aromatic heterocycles. The van der Waals surface area contributed by atoms with E-state index < -0.39 is 0 Å². The highest BCUT2D eigenvalue weighted by Crippen LogP contribution is 2.30. The molecule has 0 saturated heterocycles. The Balaban J connectivity index is 1.62. The number of ether oxygens (including phenoxy) is 1. The Morgan fingerprint density at radius 1 is 1.00 bits per heavy atom. The van der Waals surface area contributed by atoms with Gasteiger partial charge in [0.05, 0.1) is 6.61 Å². The Morgan fingerprint density at radius 2 is 1.77 bits per heavy atom. The number of aryl methyl sites for hydroxylation is 3. The van der Waals surface area contributed by atoms with Gasteiger partial charge in [-0.3, -0.25) is 4.79 Å². The quantitative estimate of drug-likeness (QED) is 0.441. The molecule has 1 amide bonds. The van der Waals surface area contributed by atoms with E-state index in [2.05, 4.69) is 16.4 Å². The Bertz CT molecular complexity index is 1220. The van der Waals surface area contributed by atoms with E-state index in [4.69, 9.17) is 9.15 Å². The summed E-state index contributed by atoms with van der Waals surface area (Å²) in [7, 11) is 0. The van der Waals surface area contributed by atoms with Crippen LogP contribution in [0.25, 0.3) is 22.6 Å². The number of nitrogens with zero attached hydrogens (tertiary/aromatic N) is 1. The second-order valence-corrected chi connectivity index (χ2v) is 7.39. The molecular weight excluding hydrogens is 376 g/mol. The predicted octanol–water partition coefficient (Wildman–Crippen LogP) is 6.07. The number of carbonyl (C=O) groups is 1. The normalized spacial score (nSPS) is 10.9. The molecule has 4 aromatic rings. The van der Waals surface area contributed by atoms with Gasteiger partial charge in [-0.15, -0.1) is 0 Å². The predicted molar refractivity (Wildman–Crippen MR) is 119 cm³/mol. The molecule has 0 aliphatic carbocycles. The molecule has 152 valence electrons. The minimum absolute atomic E-state index is 0.178. The molecule has 0 radical (unpaired) electrons. The number of amides is 1. The Hall–Kier alpha value is -3.60. The lowest BCUT2D eigenvalue weighted by Crippen LogP contribution is -2.12. The summed E-state index contributed by atoms with van der Waals surface area (Å²) >= 11 is 0. The van der Waals surface area contributed by atoms with Crippen LogP contribution in [-0.4, -0.2) is 17.5 Å². The molecule has 5 heteroatoms. The van der Waals surface area contributed by atoms with Crippen LogP contribution in [0.3, 0.4) is 0 Å². The van der Waals surface area contributed by atoms with Gasteiger partial charge in [-0.2, -0.15) is 0 Å². The van der Waals surface area contributed by atoms with E-state index in [1.807, 2.05) is 52.0 Å². The van der Waals surface area contributed by atoms with Gasteiger partial charge in [0.25, 0.3) is 5.91 Å². The monoisotopic (exact) mass is 400 g/mol. The van der Waals surface area contributed by atoms with Crippen molar-refractivity contribution < 1.29 is 13.9 Å². The number of hydrogen-bond acceptors (Lipinski definition) is 4. The summed E-state index contributed by atoms with van der Waals surface area (Å²) in [6.45, 7) is 8.53. The van der Waals surface area contributed by atoms with E-state index in [9.17, 15) is 4.79 Å². The standard InChI is InChI=1S/C25H24N2O3/c1-5-29-20-10-8-18(9-11-20)24(28)26-21-14-19(7-6-16(21)3)25-27-22-13-15(2)12-17(4)23(22)30-25/h6-14H,5H2,1-4H3,(H,26,28). The van der Waals surface area contributed by atoms with Crippen molar-refractivity contribution >= 4 is 22.7 Å². The fraction of sp³-hybridized carbons (Fsp3) is 0.200. The summed E-state index contributed by atoms with van der Waals surface area (Å²) in [5, 5.41) is 2.99. The summed E-state index contributed by atoms with van der Waals surface area (Å²) in [5.74, 6) is 1.10. The lowest BCUT2D eigenvalue weighted by molar-refractivity contribution is 0.102. The van der Waals surface area contributed by atoms with Crippen molar-refractivity contribution in [3.8, 4) is 17.2 Å². The number of benzene rings is 3. The van der Waals surface area contributed by atoms with Crippen molar-refractivity contribution in [1.29, 1.82) is 0 Å². The van der Waals surface area contributed by atoms with Crippen LogP contribution < -0.4 is 10.1 Å². The molecule has 4 rings (SSSR count). The van der Waals surface area contributed by atoms with Crippen molar-refractivity contribution in [2.45, 2.75) is 27.7 Å². The lowest BCUT2D eigenvalue weighted by Gasteiger charge is -2.10. The van der Waals surface area contributed by atoms with E-state index in [0.29, 0.717) is 18.1 Å². The molecule has 0 aliphatic rings. The smallest absolute Gasteiger partial charge is 0.255 e. The minimum atomic E-state index is -0.178. The number of hydrogen-bond donors (Lipinski definition) is 1. The van der Waals surface area contributed by atoms with Crippen LogP contribution in [0, 0.1) is 20.8 Å². The van der Waals surface area contributed by atoms with Crippen LogP contribution in [0.5, 0.6) is 5.75 Å².